The van der Waals surface area contributed by atoms with Crippen molar-refractivity contribution in [2.75, 3.05) is 26.2 Å². The van der Waals surface area contributed by atoms with Crippen LogP contribution in [0.5, 0.6) is 0 Å². The molecule has 0 N–H and O–H groups in total. The Morgan fingerprint density at radius 1 is 0.345 bits per heavy atom. The molecule has 0 aromatic rings. The number of carboxylic acid groups (broad SMARTS) is 2. The second-order valence-electron chi connectivity index (χ2n) is 16.8. The molecule has 2 atom stereocenters. The summed E-state index contributed by atoms with van der Waals surface area (Å²) in [6.07, 6.45) is 42.6. The summed E-state index contributed by atoms with van der Waals surface area (Å²) in [5, 5.41) is 22.0. The van der Waals surface area contributed by atoms with Crippen molar-refractivity contribution in [2.45, 2.75) is 272 Å². The van der Waals surface area contributed by atoms with Crippen LogP contribution in [0, 0.1) is 0 Å². The quantitative estimate of drug-likeness (QED) is 0.0451. The number of carbonyl (C=O) groups excluding carboxylic acids is 2. The van der Waals surface area contributed by atoms with Crippen molar-refractivity contribution >= 4 is 49.7 Å². The standard InChI is InChI=1S/2C24H49NO2.Ca/c2*1-4-6-8-10-12-14-16-18-20-25(23(3)22-24(26)27)21-19-17-15-13-11-9-7-5-2;/h2*23H,4-22H2,1-3H3,(H,26,27);/q;;+2/p-2. The molecule has 0 fully saturated rings. The van der Waals surface area contributed by atoms with E-state index in [1.165, 1.54) is 205 Å². The van der Waals surface area contributed by atoms with Crippen LogP contribution in [-0.2, 0) is 9.59 Å². The van der Waals surface area contributed by atoms with Crippen LogP contribution in [0.15, 0.2) is 0 Å². The molecule has 0 aliphatic rings. The van der Waals surface area contributed by atoms with Gasteiger partial charge in [-0.15, -0.1) is 0 Å². The predicted molar refractivity (Wildman–Crippen MR) is 238 cm³/mol. The van der Waals surface area contributed by atoms with Crippen molar-refractivity contribution in [3.05, 3.63) is 0 Å². The van der Waals surface area contributed by atoms with E-state index < -0.39 is 11.9 Å². The van der Waals surface area contributed by atoms with Gasteiger partial charge in [0.15, 0.2) is 0 Å². The van der Waals surface area contributed by atoms with Gasteiger partial charge in [-0.05, 0) is 65.7 Å². The van der Waals surface area contributed by atoms with Gasteiger partial charge in [-0.2, -0.15) is 0 Å². The summed E-state index contributed by atoms with van der Waals surface area (Å²) in [5.41, 5.74) is 0. The molecule has 0 aliphatic carbocycles. The average Bonchev–Trinajstić information content (AvgIpc) is 3.13. The fourth-order valence-corrected chi connectivity index (χ4v) is 7.64. The minimum Gasteiger partial charge on any atom is -0.550 e. The van der Waals surface area contributed by atoms with Crippen LogP contribution in [0.3, 0.4) is 0 Å². The Morgan fingerprint density at radius 2 is 0.509 bits per heavy atom. The van der Waals surface area contributed by atoms with Crippen molar-refractivity contribution in [1.29, 1.82) is 0 Å². The Kier molecular flexibility index (Phi) is 52.4. The first-order valence-corrected chi connectivity index (χ1v) is 24.1. The summed E-state index contributed by atoms with van der Waals surface area (Å²) in [7, 11) is 0. The molecule has 0 saturated heterocycles. The van der Waals surface area contributed by atoms with Gasteiger partial charge in [0.25, 0.3) is 0 Å². The maximum absolute atomic E-state index is 11.0. The molecule has 0 spiro atoms. The van der Waals surface area contributed by atoms with Gasteiger partial charge in [-0.1, -0.05) is 207 Å². The number of carboxylic acids is 2. The molecule has 324 valence electrons. The second-order valence-corrected chi connectivity index (χ2v) is 16.8. The molecule has 0 aromatic heterocycles. The van der Waals surface area contributed by atoms with Crippen molar-refractivity contribution in [3.63, 3.8) is 0 Å². The minimum atomic E-state index is -0.917. The normalized spacial score (nSPS) is 12.4. The van der Waals surface area contributed by atoms with Gasteiger partial charge in [0.05, 0.1) is 0 Å². The van der Waals surface area contributed by atoms with Crippen LogP contribution in [0.25, 0.3) is 0 Å². The summed E-state index contributed by atoms with van der Waals surface area (Å²) in [6.45, 7) is 17.3. The summed E-state index contributed by atoms with van der Waals surface area (Å²) in [4.78, 5) is 26.7. The van der Waals surface area contributed by atoms with Gasteiger partial charge in [-0.3, -0.25) is 0 Å². The number of nitrogens with zero attached hydrogens (tertiary/aromatic N) is 2. The fraction of sp³-hybridized carbons (Fsp3) is 0.958. The smallest absolute Gasteiger partial charge is 0.550 e. The van der Waals surface area contributed by atoms with E-state index in [1.807, 2.05) is 13.8 Å². The van der Waals surface area contributed by atoms with E-state index in [9.17, 15) is 19.8 Å². The summed E-state index contributed by atoms with van der Waals surface area (Å²) in [5.74, 6) is -1.83. The Morgan fingerprint density at radius 3 is 0.673 bits per heavy atom. The Labute approximate surface area is 374 Å². The second kappa shape index (κ2) is 48.5. The summed E-state index contributed by atoms with van der Waals surface area (Å²) >= 11 is 0. The van der Waals surface area contributed by atoms with E-state index >= 15 is 0 Å². The molecule has 7 heteroatoms. The number of hydrogen-bond acceptors (Lipinski definition) is 6. The van der Waals surface area contributed by atoms with E-state index in [0.29, 0.717) is 0 Å². The first-order chi connectivity index (χ1) is 26.2. The van der Waals surface area contributed by atoms with Crippen molar-refractivity contribution in [1.82, 2.24) is 9.80 Å². The van der Waals surface area contributed by atoms with Gasteiger partial charge in [-0.25, -0.2) is 0 Å². The SMILES string of the molecule is CCCCCCCCCCN(CCCCCCCCCC)C(C)CC(=O)[O-].CCCCCCCCCCN(CCCCCCCCCC)C(C)CC(=O)[O-].[Ca+2]. The van der Waals surface area contributed by atoms with Crippen LogP contribution in [-0.4, -0.2) is 97.7 Å². The van der Waals surface area contributed by atoms with E-state index in [-0.39, 0.29) is 62.7 Å². The Bertz CT molecular complexity index is 668. The van der Waals surface area contributed by atoms with Crippen molar-refractivity contribution < 1.29 is 19.8 Å². The van der Waals surface area contributed by atoms with E-state index in [1.54, 1.807) is 0 Å². The number of aliphatic carboxylic acids is 2. The molecule has 0 aromatic carbocycles. The largest absolute Gasteiger partial charge is 2.00 e. The van der Waals surface area contributed by atoms with Gasteiger partial charge in [0.1, 0.15) is 0 Å². The molecular formula is C48H96CaN2O4. The number of unbranched alkanes of at least 4 members (excludes halogenated alkanes) is 28. The molecule has 6 nitrogen and oxygen atoms in total. The van der Waals surface area contributed by atoms with E-state index in [0.717, 1.165) is 26.2 Å². The van der Waals surface area contributed by atoms with Crippen molar-refractivity contribution in [2.24, 2.45) is 0 Å². The van der Waals surface area contributed by atoms with E-state index in [4.69, 9.17) is 0 Å². The van der Waals surface area contributed by atoms with Gasteiger partial charge in [0.2, 0.25) is 0 Å². The topological polar surface area (TPSA) is 86.7 Å². The van der Waals surface area contributed by atoms with Crippen LogP contribution in [0.1, 0.15) is 260 Å². The molecule has 0 heterocycles. The molecule has 0 saturated carbocycles. The average molecular weight is 805 g/mol. The zero-order valence-corrected chi connectivity index (χ0v) is 40.5. The predicted octanol–water partition coefficient (Wildman–Crippen LogP) is 11.8. The zero-order valence-electron chi connectivity index (χ0n) is 38.3. The van der Waals surface area contributed by atoms with Crippen LogP contribution < -0.4 is 10.2 Å². The number of rotatable bonds is 42. The fourth-order valence-electron chi connectivity index (χ4n) is 7.64. The third kappa shape index (κ3) is 46.7. The maximum Gasteiger partial charge on any atom is 2.00 e. The summed E-state index contributed by atoms with van der Waals surface area (Å²) < 4.78 is 0. The molecule has 2 unspecified atom stereocenters. The minimum absolute atomic E-state index is 0. The third-order valence-corrected chi connectivity index (χ3v) is 11.4. The van der Waals surface area contributed by atoms with Crippen LogP contribution >= 0.6 is 0 Å². The molecular weight excluding hydrogens is 709 g/mol. The van der Waals surface area contributed by atoms with Crippen LogP contribution in [0.4, 0.5) is 0 Å². The van der Waals surface area contributed by atoms with Gasteiger partial charge < -0.3 is 29.6 Å². The Balaban J connectivity index is -0.000000966. The molecule has 0 amide bonds. The molecule has 0 aliphatic heterocycles. The van der Waals surface area contributed by atoms with E-state index in [2.05, 4.69) is 37.5 Å². The summed E-state index contributed by atoms with van der Waals surface area (Å²) in [6, 6.07) is 0.202. The molecule has 0 rings (SSSR count). The zero-order chi connectivity index (χ0) is 40.3. The monoisotopic (exact) mass is 805 g/mol. The number of carbonyl (C=O) groups is 2. The first kappa shape index (κ1) is 59.4. The molecule has 0 bridgehead atoms. The molecule has 55 heavy (non-hydrogen) atoms. The van der Waals surface area contributed by atoms with Gasteiger partial charge >= 0.3 is 37.7 Å². The number of hydrogen-bond donors (Lipinski definition) is 0. The Hall–Kier alpha value is 0.120. The van der Waals surface area contributed by atoms with Crippen LogP contribution in [0.2, 0.25) is 0 Å². The maximum atomic E-state index is 11.0. The molecule has 0 radical (unpaired) electrons. The first-order valence-electron chi connectivity index (χ1n) is 24.1. The van der Waals surface area contributed by atoms with Gasteiger partial charge in [0, 0.05) is 36.9 Å². The third-order valence-electron chi connectivity index (χ3n) is 11.4. The van der Waals surface area contributed by atoms with Crippen molar-refractivity contribution in [3.8, 4) is 0 Å².